The van der Waals surface area contributed by atoms with Crippen molar-refractivity contribution in [3.05, 3.63) is 53.2 Å². The van der Waals surface area contributed by atoms with E-state index in [1.807, 2.05) is 38.3 Å². The summed E-state index contributed by atoms with van der Waals surface area (Å²) in [5.41, 5.74) is 5.26. The normalized spacial score (nSPS) is 14.4. The smallest absolute Gasteiger partial charge is 0.194 e. The molecular formula is C22H33IN6. The highest BCUT2D eigenvalue weighted by Gasteiger charge is 2.21. The van der Waals surface area contributed by atoms with Gasteiger partial charge >= 0.3 is 0 Å². The molecule has 0 radical (unpaired) electrons. The summed E-state index contributed by atoms with van der Waals surface area (Å²) >= 11 is 0. The standard InChI is InChI=1S/C22H32N6.HI/c1-17-8-6-10-20(18(17)2)27-12-14-28(15-13-27)22(23-3)25-16-19-9-7-11-24-21(19)26(4)5;/h6-11H,12-16H2,1-5H3,(H,23,25);1H. The number of piperazine rings is 1. The molecule has 1 aliphatic rings. The van der Waals surface area contributed by atoms with Gasteiger partial charge in [0, 0.05) is 71.3 Å². The largest absolute Gasteiger partial charge is 0.368 e. The molecule has 0 spiro atoms. The summed E-state index contributed by atoms with van der Waals surface area (Å²) < 4.78 is 0. The molecule has 1 aliphatic heterocycles. The Morgan fingerprint density at radius 2 is 1.83 bits per heavy atom. The van der Waals surface area contributed by atoms with Crippen LogP contribution in [-0.4, -0.2) is 63.2 Å². The van der Waals surface area contributed by atoms with Crippen LogP contribution in [-0.2, 0) is 6.54 Å². The monoisotopic (exact) mass is 508 g/mol. The number of aryl methyl sites for hydroxylation is 1. The molecule has 1 saturated heterocycles. The number of hydrogen-bond donors (Lipinski definition) is 1. The van der Waals surface area contributed by atoms with Crippen molar-refractivity contribution >= 4 is 41.4 Å². The van der Waals surface area contributed by atoms with Crippen LogP contribution in [0.2, 0.25) is 0 Å². The van der Waals surface area contributed by atoms with Crippen LogP contribution in [0.1, 0.15) is 16.7 Å². The molecular weight excluding hydrogens is 475 g/mol. The Labute approximate surface area is 192 Å². The number of aliphatic imine (C=N–C) groups is 1. The third-order valence-corrected chi connectivity index (χ3v) is 5.44. The van der Waals surface area contributed by atoms with Crippen molar-refractivity contribution in [2.75, 3.05) is 57.1 Å². The minimum atomic E-state index is 0. The molecule has 29 heavy (non-hydrogen) atoms. The summed E-state index contributed by atoms with van der Waals surface area (Å²) in [4.78, 5) is 15.9. The fourth-order valence-electron chi connectivity index (χ4n) is 3.71. The highest BCUT2D eigenvalue weighted by atomic mass is 127. The van der Waals surface area contributed by atoms with Gasteiger partial charge in [-0.25, -0.2) is 4.98 Å². The van der Waals surface area contributed by atoms with E-state index in [1.54, 1.807) is 0 Å². The number of anilines is 2. The third-order valence-electron chi connectivity index (χ3n) is 5.44. The van der Waals surface area contributed by atoms with Gasteiger partial charge in [-0.05, 0) is 37.1 Å². The van der Waals surface area contributed by atoms with Crippen molar-refractivity contribution in [1.29, 1.82) is 0 Å². The van der Waals surface area contributed by atoms with Gasteiger partial charge in [-0.15, -0.1) is 24.0 Å². The molecule has 1 aromatic heterocycles. The third kappa shape index (κ3) is 5.52. The SMILES string of the molecule is CN=C(NCc1cccnc1N(C)C)N1CCN(c2cccc(C)c2C)CC1.I. The van der Waals surface area contributed by atoms with Gasteiger partial charge in [-0.3, -0.25) is 4.99 Å². The number of halogens is 1. The second-order valence-electron chi connectivity index (χ2n) is 7.47. The predicted octanol–water partition coefficient (Wildman–Crippen LogP) is 3.28. The summed E-state index contributed by atoms with van der Waals surface area (Å²) in [6.45, 7) is 9.03. The summed E-state index contributed by atoms with van der Waals surface area (Å²) in [5, 5.41) is 3.52. The van der Waals surface area contributed by atoms with Crippen LogP contribution in [0.25, 0.3) is 0 Å². The van der Waals surface area contributed by atoms with Gasteiger partial charge in [-0.2, -0.15) is 0 Å². The summed E-state index contributed by atoms with van der Waals surface area (Å²) in [6.07, 6.45) is 1.83. The summed E-state index contributed by atoms with van der Waals surface area (Å²) in [7, 11) is 5.90. The number of nitrogens with zero attached hydrogens (tertiary/aromatic N) is 5. The van der Waals surface area contributed by atoms with Gasteiger partial charge < -0.3 is 20.0 Å². The zero-order valence-electron chi connectivity index (χ0n) is 18.1. The van der Waals surface area contributed by atoms with Crippen molar-refractivity contribution in [1.82, 2.24) is 15.2 Å². The van der Waals surface area contributed by atoms with E-state index < -0.39 is 0 Å². The molecule has 7 heteroatoms. The maximum Gasteiger partial charge on any atom is 0.194 e. The van der Waals surface area contributed by atoms with Crippen LogP contribution >= 0.6 is 24.0 Å². The fraction of sp³-hybridized carbons (Fsp3) is 0.455. The average Bonchev–Trinajstić information content (AvgIpc) is 2.71. The Hall–Kier alpha value is -2.03. The number of pyridine rings is 1. The number of hydrogen-bond acceptors (Lipinski definition) is 4. The molecule has 2 heterocycles. The number of nitrogens with one attached hydrogen (secondary N) is 1. The van der Waals surface area contributed by atoms with Gasteiger partial charge in [-0.1, -0.05) is 18.2 Å². The first kappa shape index (κ1) is 23.3. The first-order valence-corrected chi connectivity index (χ1v) is 9.89. The molecule has 6 nitrogen and oxygen atoms in total. The van der Waals surface area contributed by atoms with Crippen LogP contribution in [0.4, 0.5) is 11.5 Å². The number of rotatable bonds is 4. The van der Waals surface area contributed by atoms with Gasteiger partial charge in [0.15, 0.2) is 5.96 Å². The topological polar surface area (TPSA) is 47.0 Å². The molecule has 2 aromatic rings. The summed E-state index contributed by atoms with van der Waals surface area (Å²) in [5.74, 6) is 1.94. The van der Waals surface area contributed by atoms with Gasteiger partial charge in [0.25, 0.3) is 0 Å². The van der Waals surface area contributed by atoms with Crippen molar-refractivity contribution in [3.63, 3.8) is 0 Å². The Kier molecular flexibility index (Phi) is 8.55. The lowest BCUT2D eigenvalue weighted by Gasteiger charge is -2.38. The predicted molar refractivity (Wildman–Crippen MR) is 134 cm³/mol. The molecule has 0 amide bonds. The highest BCUT2D eigenvalue weighted by molar-refractivity contribution is 14.0. The van der Waals surface area contributed by atoms with E-state index in [4.69, 9.17) is 0 Å². The molecule has 3 rings (SSSR count). The van der Waals surface area contributed by atoms with Crippen LogP contribution in [0.3, 0.4) is 0 Å². The maximum atomic E-state index is 4.51. The quantitative estimate of drug-likeness (QED) is 0.391. The molecule has 0 saturated carbocycles. The second kappa shape index (κ2) is 10.7. The van der Waals surface area contributed by atoms with Crippen molar-refractivity contribution in [3.8, 4) is 0 Å². The number of guanidine groups is 1. The summed E-state index contributed by atoms with van der Waals surface area (Å²) in [6, 6.07) is 10.7. The molecule has 0 atom stereocenters. The lowest BCUT2D eigenvalue weighted by Crippen LogP contribution is -2.52. The van der Waals surface area contributed by atoms with E-state index in [1.165, 1.54) is 22.4 Å². The van der Waals surface area contributed by atoms with Crippen LogP contribution in [0.15, 0.2) is 41.5 Å². The highest BCUT2D eigenvalue weighted by Crippen LogP contribution is 2.24. The Balaban J connectivity index is 0.00000300. The molecule has 0 aliphatic carbocycles. The molecule has 158 valence electrons. The molecule has 1 aromatic carbocycles. The minimum absolute atomic E-state index is 0. The van der Waals surface area contributed by atoms with Crippen molar-refractivity contribution in [2.45, 2.75) is 20.4 Å². The van der Waals surface area contributed by atoms with E-state index >= 15 is 0 Å². The average molecular weight is 508 g/mol. The molecule has 0 unspecified atom stereocenters. The van der Waals surface area contributed by atoms with Crippen LogP contribution in [0.5, 0.6) is 0 Å². The van der Waals surface area contributed by atoms with E-state index in [0.29, 0.717) is 6.54 Å². The maximum absolute atomic E-state index is 4.51. The number of aromatic nitrogens is 1. The van der Waals surface area contributed by atoms with E-state index in [9.17, 15) is 0 Å². The first-order chi connectivity index (χ1) is 13.5. The Morgan fingerprint density at radius 3 is 2.48 bits per heavy atom. The minimum Gasteiger partial charge on any atom is -0.368 e. The fourth-order valence-corrected chi connectivity index (χ4v) is 3.71. The second-order valence-corrected chi connectivity index (χ2v) is 7.47. The van der Waals surface area contributed by atoms with Gasteiger partial charge in [0.2, 0.25) is 0 Å². The van der Waals surface area contributed by atoms with Gasteiger partial charge in [0.05, 0.1) is 0 Å². The van der Waals surface area contributed by atoms with Crippen molar-refractivity contribution < 1.29 is 0 Å². The van der Waals surface area contributed by atoms with Crippen LogP contribution in [0, 0.1) is 13.8 Å². The zero-order chi connectivity index (χ0) is 20.1. The Bertz CT molecular complexity index is 828. The Morgan fingerprint density at radius 1 is 1.10 bits per heavy atom. The molecule has 1 fully saturated rings. The first-order valence-electron chi connectivity index (χ1n) is 9.89. The van der Waals surface area contributed by atoms with Crippen molar-refractivity contribution in [2.24, 2.45) is 4.99 Å². The van der Waals surface area contributed by atoms with E-state index in [2.05, 4.69) is 63.2 Å². The molecule has 1 N–H and O–H groups in total. The van der Waals surface area contributed by atoms with E-state index in [-0.39, 0.29) is 24.0 Å². The van der Waals surface area contributed by atoms with Crippen LogP contribution < -0.4 is 15.1 Å². The number of benzene rings is 1. The van der Waals surface area contributed by atoms with Gasteiger partial charge in [0.1, 0.15) is 5.82 Å². The lowest BCUT2D eigenvalue weighted by molar-refractivity contribution is 0.372. The zero-order valence-corrected chi connectivity index (χ0v) is 20.5. The van der Waals surface area contributed by atoms with E-state index in [0.717, 1.165) is 38.0 Å². The molecule has 0 bridgehead atoms. The lowest BCUT2D eigenvalue weighted by atomic mass is 10.1.